The number of likely N-dealkylation sites (tertiary alicyclic amines) is 1. The molecule has 0 spiro atoms. The van der Waals surface area contributed by atoms with Crippen molar-refractivity contribution in [2.45, 2.75) is 31.4 Å². The van der Waals surface area contributed by atoms with E-state index in [0.717, 1.165) is 45.6 Å². The van der Waals surface area contributed by atoms with E-state index in [1.165, 1.54) is 0 Å². The topological polar surface area (TPSA) is 61.8 Å². The average Bonchev–Trinajstić information content (AvgIpc) is 2.60. The number of carbonyl (C=O) groups is 1. The van der Waals surface area contributed by atoms with Gasteiger partial charge in [0.15, 0.2) is 0 Å². The lowest BCUT2D eigenvalue weighted by Gasteiger charge is -2.39. The summed E-state index contributed by atoms with van der Waals surface area (Å²) in [6.45, 7) is 4.57. The number of hydrogen-bond acceptors (Lipinski definition) is 6. The van der Waals surface area contributed by atoms with Gasteiger partial charge in [0.2, 0.25) is 5.91 Å². The molecule has 2 fully saturated rings. The highest BCUT2D eigenvalue weighted by Gasteiger charge is 2.29. The smallest absolute Gasteiger partial charge is 0.316 e. The van der Waals surface area contributed by atoms with Crippen LogP contribution in [0.25, 0.3) is 0 Å². The van der Waals surface area contributed by atoms with Crippen LogP contribution in [0.15, 0.2) is 18.5 Å². The minimum Gasteiger partial charge on any atom is -0.460 e. The standard InChI is InChI=1S/C17H27N5O2/c1-20-10-11-21(2)14(13-20)12-16(23)22-8-4-15(5-9-22)24-17-18-6-3-7-19-17/h3,6-7,14-15H,4-5,8-13H2,1-2H3/t14-/m0/s1. The van der Waals surface area contributed by atoms with Gasteiger partial charge in [0.1, 0.15) is 6.10 Å². The molecule has 2 aliphatic rings. The zero-order valence-corrected chi connectivity index (χ0v) is 14.6. The van der Waals surface area contributed by atoms with Crippen LogP contribution >= 0.6 is 0 Å². The van der Waals surface area contributed by atoms with E-state index in [9.17, 15) is 4.79 Å². The lowest BCUT2D eigenvalue weighted by molar-refractivity contribution is -0.134. The van der Waals surface area contributed by atoms with Crippen LogP contribution in [-0.2, 0) is 4.79 Å². The van der Waals surface area contributed by atoms with E-state index in [4.69, 9.17) is 4.74 Å². The van der Waals surface area contributed by atoms with E-state index in [-0.39, 0.29) is 12.0 Å². The average molecular weight is 333 g/mol. The van der Waals surface area contributed by atoms with Gasteiger partial charge < -0.3 is 19.4 Å². The predicted octanol–water partition coefficient (Wildman–Crippen LogP) is 0.482. The molecule has 1 atom stereocenters. The second kappa shape index (κ2) is 7.90. The minimum atomic E-state index is 0.0972. The van der Waals surface area contributed by atoms with Crippen molar-refractivity contribution in [1.82, 2.24) is 24.7 Å². The molecule has 1 amide bonds. The number of nitrogens with zero attached hydrogens (tertiary/aromatic N) is 5. The van der Waals surface area contributed by atoms with Crippen molar-refractivity contribution in [1.29, 1.82) is 0 Å². The Hall–Kier alpha value is -1.73. The van der Waals surface area contributed by atoms with Gasteiger partial charge in [-0.25, -0.2) is 9.97 Å². The van der Waals surface area contributed by atoms with Gasteiger partial charge in [-0.15, -0.1) is 0 Å². The molecule has 0 saturated carbocycles. The molecule has 24 heavy (non-hydrogen) atoms. The number of rotatable bonds is 4. The van der Waals surface area contributed by atoms with Crippen LogP contribution in [0.2, 0.25) is 0 Å². The second-order valence-electron chi connectivity index (χ2n) is 6.83. The molecular weight excluding hydrogens is 306 g/mol. The Kier molecular flexibility index (Phi) is 5.63. The van der Waals surface area contributed by atoms with Gasteiger partial charge in [-0.05, 0) is 20.2 Å². The Labute approximate surface area is 143 Å². The van der Waals surface area contributed by atoms with Crippen LogP contribution in [0.1, 0.15) is 19.3 Å². The summed E-state index contributed by atoms with van der Waals surface area (Å²) in [5.41, 5.74) is 0. The first-order chi connectivity index (χ1) is 11.6. The molecule has 7 nitrogen and oxygen atoms in total. The Morgan fingerprint density at radius 3 is 2.58 bits per heavy atom. The summed E-state index contributed by atoms with van der Waals surface area (Å²) in [6.07, 6.45) is 5.74. The maximum absolute atomic E-state index is 12.6. The first-order valence-electron chi connectivity index (χ1n) is 8.72. The molecular formula is C17H27N5O2. The van der Waals surface area contributed by atoms with E-state index in [1.54, 1.807) is 18.5 Å². The number of amides is 1. The molecule has 3 rings (SSSR count). The molecule has 0 radical (unpaired) electrons. The van der Waals surface area contributed by atoms with Crippen LogP contribution in [0.4, 0.5) is 0 Å². The fourth-order valence-corrected chi connectivity index (χ4v) is 3.37. The Bertz CT molecular complexity index is 533. The normalized spacial score (nSPS) is 24.1. The molecule has 0 N–H and O–H groups in total. The molecule has 0 aromatic carbocycles. The number of hydrogen-bond donors (Lipinski definition) is 0. The van der Waals surface area contributed by atoms with Crippen molar-refractivity contribution in [3.8, 4) is 6.01 Å². The summed E-state index contributed by atoms with van der Waals surface area (Å²) in [4.78, 5) is 27.4. The van der Waals surface area contributed by atoms with Crippen LogP contribution in [-0.4, -0.2) is 89.5 Å². The van der Waals surface area contributed by atoms with Crippen LogP contribution in [0, 0.1) is 0 Å². The third kappa shape index (κ3) is 4.42. The van der Waals surface area contributed by atoms with Crippen molar-refractivity contribution in [2.24, 2.45) is 0 Å². The largest absolute Gasteiger partial charge is 0.460 e. The van der Waals surface area contributed by atoms with Gasteiger partial charge in [-0.2, -0.15) is 0 Å². The number of aromatic nitrogens is 2. The van der Waals surface area contributed by atoms with Gasteiger partial charge in [-0.1, -0.05) is 0 Å². The van der Waals surface area contributed by atoms with Crippen molar-refractivity contribution in [3.63, 3.8) is 0 Å². The highest BCUT2D eigenvalue weighted by molar-refractivity contribution is 5.77. The van der Waals surface area contributed by atoms with Gasteiger partial charge in [0, 0.05) is 70.4 Å². The fraction of sp³-hybridized carbons (Fsp3) is 0.706. The maximum Gasteiger partial charge on any atom is 0.316 e. The zero-order valence-electron chi connectivity index (χ0n) is 14.6. The highest BCUT2D eigenvalue weighted by atomic mass is 16.5. The SMILES string of the molecule is CN1CCN(C)[C@@H](CC(=O)N2CCC(Oc3ncccn3)CC2)C1. The van der Waals surface area contributed by atoms with E-state index in [1.807, 2.05) is 4.90 Å². The van der Waals surface area contributed by atoms with Crippen LogP contribution in [0.5, 0.6) is 6.01 Å². The summed E-state index contributed by atoms with van der Waals surface area (Å²) in [6, 6.07) is 2.52. The third-order valence-electron chi connectivity index (χ3n) is 5.00. The van der Waals surface area contributed by atoms with Gasteiger partial charge >= 0.3 is 6.01 Å². The van der Waals surface area contributed by atoms with Crippen molar-refractivity contribution >= 4 is 5.91 Å². The molecule has 7 heteroatoms. The summed E-state index contributed by atoms with van der Waals surface area (Å²) in [5.74, 6) is 0.261. The number of carbonyl (C=O) groups excluding carboxylic acids is 1. The molecule has 1 aromatic heterocycles. The first-order valence-corrected chi connectivity index (χ1v) is 8.72. The Balaban J connectivity index is 1.45. The molecule has 3 heterocycles. The van der Waals surface area contributed by atoms with Crippen LogP contribution < -0.4 is 4.74 Å². The van der Waals surface area contributed by atoms with Crippen LogP contribution in [0.3, 0.4) is 0 Å². The Morgan fingerprint density at radius 1 is 1.17 bits per heavy atom. The molecule has 2 aliphatic heterocycles. The highest BCUT2D eigenvalue weighted by Crippen LogP contribution is 2.18. The van der Waals surface area contributed by atoms with Crippen molar-refractivity contribution < 1.29 is 9.53 Å². The zero-order chi connectivity index (χ0) is 16.9. The van der Waals surface area contributed by atoms with Gasteiger partial charge in [-0.3, -0.25) is 4.79 Å². The quantitative estimate of drug-likeness (QED) is 0.799. The number of ether oxygens (including phenoxy) is 1. The summed E-state index contributed by atoms with van der Waals surface area (Å²) in [7, 11) is 4.24. The minimum absolute atomic E-state index is 0.0972. The number of piperidine rings is 1. The lowest BCUT2D eigenvalue weighted by atomic mass is 10.0. The molecule has 0 bridgehead atoms. The molecule has 2 saturated heterocycles. The van der Waals surface area contributed by atoms with E-state index in [0.29, 0.717) is 18.5 Å². The first kappa shape index (κ1) is 17.1. The second-order valence-corrected chi connectivity index (χ2v) is 6.83. The van der Waals surface area contributed by atoms with Crippen molar-refractivity contribution in [3.05, 3.63) is 18.5 Å². The van der Waals surface area contributed by atoms with E-state index < -0.39 is 0 Å². The predicted molar refractivity (Wildman–Crippen MR) is 90.8 cm³/mol. The molecule has 0 unspecified atom stereocenters. The summed E-state index contributed by atoms with van der Waals surface area (Å²) >= 11 is 0. The Morgan fingerprint density at radius 2 is 1.88 bits per heavy atom. The molecule has 0 aliphatic carbocycles. The van der Waals surface area contributed by atoms with E-state index in [2.05, 4.69) is 33.9 Å². The number of piperazine rings is 1. The van der Waals surface area contributed by atoms with Gasteiger partial charge in [0.05, 0.1) is 0 Å². The molecule has 132 valence electrons. The third-order valence-corrected chi connectivity index (χ3v) is 5.00. The van der Waals surface area contributed by atoms with Crippen molar-refractivity contribution in [2.75, 3.05) is 46.8 Å². The molecule has 1 aromatic rings. The monoisotopic (exact) mass is 333 g/mol. The maximum atomic E-state index is 12.6. The fourth-order valence-electron chi connectivity index (χ4n) is 3.37. The lowest BCUT2D eigenvalue weighted by Crippen LogP contribution is -2.52. The van der Waals surface area contributed by atoms with E-state index >= 15 is 0 Å². The summed E-state index contributed by atoms with van der Waals surface area (Å²) in [5, 5.41) is 0. The summed E-state index contributed by atoms with van der Waals surface area (Å²) < 4.78 is 5.79. The number of likely N-dealkylation sites (N-methyl/N-ethyl adjacent to an activating group) is 2. The van der Waals surface area contributed by atoms with Gasteiger partial charge in [0.25, 0.3) is 0 Å².